The van der Waals surface area contributed by atoms with Crippen molar-refractivity contribution in [3.63, 3.8) is 0 Å². The Morgan fingerprint density at radius 3 is 1.39 bits per heavy atom. The first kappa shape index (κ1) is 22.8. The number of aliphatic hydroxyl groups is 1. The van der Waals surface area contributed by atoms with Gasteiger partial charge < -0.3 is 5.11 Å². The molecule has 0 spiro atoms. The van der Waals surface area contributed by atoms with Crippen molar-refractivity contribution in [2.45, 2.75) is 27.7 Å². The number of sulfone groups is 1. The van der Waals surface area contributed by atoms with Crippen molar-refractivity contribution in [3.05, 3.63) is 84.4 Å². The fourth-order valence-corrected chi connectivity index (χ4v) is 4.24. The Kier molecular flexibility index (Phi) is 5.66. The molecule has 0 atom stereocenters. The SMILES string of the molecule is O=S(=O)(c1ccccc1)c1ccc(-c2ccc(C(O)(C(F)(F)F)C(F)(F)F)cc2)cc1. The Labute approximate surface area is 173 Å². The van der Waals surface area contributed by atoms with Gasteiger partial charge in [0.25, 0.3) is 5.60 Å². The fourth-order valence-electron chi connectivity index (χ4n) is 2.95. The third-order valence-electron chi connectivity index (χ3n) is 4.67. The van der Waals surface area contributed by atoms with E-state index in [1.54, 1.807) is 18.2 Å². The molecule has 1 N–H and O–H groups in total. The molecule has 0 unspecified atom stereocenters. The molecule has 0 aliphatic carbocycles. The average Bonchev–Trinajstić information content (AvgIpc) is 2.72. The van der Waals surface area contributed by atoms with Gasteiger partial charge in [-0.15, -0.1) is 0 Å². The van der Waals surface area contributed by atoms with Crippen LogP contribution in [0, 0.1) is 0 Å². The van der Waals surface area contributed by atoms with E-state index in [0.29, 0.717) is 17.7 Å². The molecule has 0 amide bonds. The summed E-state index contributed by atoms with van der Waals surface area (Å²) >= 11 is 0. The predicted molar refractivity (Wildman–Crippen MR) is 99.8 cm³/mol. The van der Waals surface area contributed by atoms with E-state index < -0.39 is 33.4 Å². The van der Waals surface area contributed by atoms with Gasteiger partial charge in [-0.3, -0.25) is 0 Å². The third-order valence-corrected chi connectivity index (χ3v) is 6.46. The summed E-state index contributed by atoms with van der Waals surface area (Å²) in [4.78, 5) is 0.0493. The van der Waals surface area contributed by atoms with E-state index in [0.717, 1.165) is 12.1 Å². The molecule has 3 nitrogen and oxygen atoms in total. The quantitative estimate of drug-likeness (QED) is 0.524. The lowest BCUT2D eigenvalue weighted by molar-refractivity contribution is -0.376. The number of rotatable bonds is 4. The van der Waals surface area contributed by atoms with Crippen LogP contribution in [0.15, 0.2) is 88.7 Å². The van der Waals surface area contributed by atoms with Crippen molar-refractivity contribution in [2.24, 2.45) is 0 Å². The highest BCUT2D eigenvalue weighted by molar-refractivity contribution is 7.91. The molecule has 164 valence electrons. The lowest BCUT2D eigenvalue weighted by atomic mass is 9.91. The summed E-state index contributed by atoms with van der Waals surface area (Å²) in [7, 11) is -3.78. The maximum atomic E-state index is 13.0. The minimum atomic E-state index is -5.97. The van der Waals surface area contributed by atoms with Gasteiger partial charge in [0.2, 0.25) is 9.84 Å². The number of benzene rings is 3. The zero-order valence-electron chi connectivity index (χ0n) is 15.4. The fraction of sp³-hybridized carbons (Fsp3) is 0.143. The van der Waals surface area contributed by atoms with Crippen molar-refractivity contribution in [3.8, 4) is 11.1 Å². The molecular weight excluding hydrogens is 446 g/mol. The van der Waals surface area contributed by atoms with Crippen molar-refractivity contribution in [1.29, 1.82) is 0 Å². The maximum absolute atomic E-state index is 13.0. The highest BCUT2D eigenvalue weighted by Crippen LogP contribution is 2.50. The Hall–Kier alpha value is -2.85. The van der Waals surface area contributed by atoms with Crippen molar-refractivity contribution < 1.29 is 39.9 Å². The standard InChI is InChI=1S/C21H14F6O3S/c22-20(23,24)19(28,21(25,26)27)16-10-6-14(7-11-16)15-8-12-18(13-9-15)31(29,30)17-4-2-1-3-5-17/h1-13,28H. The van der Waals surface area contributed by atoms with Crippen LogP contribution in [-0.2, 0) is 15.4 Å². The highest BCUT2D eigenvalue weighted by Gasteiger charge is 2.71. The van der Waals surface area contributed by atoms with Crippen LogP contribution in [0.4, 0.5) is 26.3 Å². The molecule has 0 aliphatic heterocycles. The van der Waals surface area contributed by atoms with E-state index in [4.69, 9.17) is 0 Å². The first-order valence-corrected chi connectivity index (χ1v) is 10.1. The monoisotopic (exact) mass is 460 g/mol. The molecule has 0 radical (unpaired) electrons. The van der Waals surface area contributed by atoms with Crippen molar-refractivity contribution in [2.75, 3.05) is 0 Å². The minimum absolute atomic E-state index is 0.0254. The first-order chi connectivity index (χ1) is 14.3. The van der Waals surface area contributed by atoms with E-state index in [2.05, 4.69) is 0 Å². The molecule has 3 aromatic carbocycles. The van der Waals surface area contributed by atoms with E-state index in [-0.39, 0.29) is 15.4 Å². The summed E-state index contributed by atoms with van der Waals surface area (Å²) in [6.07, 6.45) is -11.9. The van der Waals surface area contributed by atoms with E-state index in [1.807, 2.05) is 0 Å². The van der Waals surface area contributed by atoms with Crippen LogP contribution >= 0.6 is 0 Å². The summed E-state index contributed by atoms with van der Waals surface area (Å²) in [5.41, 5.74) is -5.79. The second kappa shape index (κ2) is 7.69. The van der Waals surface area contributed by atoms with Gasteiger partial charge in [-0.1, -0.05) is 54.6 Å². The van der Waals surface area contributed by atoms with Crippen LogP contribution in [0.25, 0.3) is 11.1 Å². The molecule has 31 heavy (non-hydrogen) atoms. The van der Waals surface area contributed by atoms with Gasteiger partial charge in [0.05, 0.1) is 9.79 Å². The van der Waals surface area contributed by atoms with Gasteiger partial charge in [0.15, 0.2) is 0 Å². The van der Waals surface area contributed by atoms with Gasteiger partial charge in [0, 0.05) is 5.56 Å². The van der Waals surface area contributed by atoms with Crippen LogP contribution in [0.5, 0.6) is 0 Å². The number of hydrogen-bond donors (Lipinski definition) is 1. The molecule has 0 aliphatic rings. The van der Waals surface area contributed by atoms with Crippen molar-refractivity contribution in [1.82, 2.24) is 0 Å². The second-order valence-corrected chi connectivity index (χ2v) is 8.57. The van der Waals surface area contributed by atoms with Gasteiger partial charge in [-0.05, 0) is 35.4 Å². The van der Waals surface area contributed by atoms with Crippen LogP contribution < -0.4 is 0 Å². The second-order valence-electron chi connectivity index (χ2n) is 6.62. The molecule has 3 rings (SSSR count). The summed E-state index contributed by atoms with van der Waals surface area (Å²) < 4.78 is 103. The minimum Gasteiger partial charge on any atom is -0.369 e. The van der Waals surface area contributed by atoms with E-state index in [9.17, 15) is 39.9 Å². The van der Waals surface area contributed by atoms with Crippen LogP contribution in [-0.4, -0.2) is 25.9 Å². The Morgan fingerprint density at radius 1 is 0.581 bits per heavy atom. The smallest absolute Gasteiger partial charge is 0.369 e. The normalized spacial score (nSPS) is 13.3. The molecule has 0 aromatic heterocycles. The molecule has 3 aromatic rings. The molecular formula is C21H14F6O3S. The third kappa shape index (κ3) is 4.05. The number of halogens is 6. The predicted octanol–water partition coefficient (Wildman–Crippen LogP) is 5.50. The molecule has 0 fully saturated rings. The van der Waals surface area contributed by atoms with Gasteiger partial charge in [-0.2, -0.15) is 26.3 Å². The lowest BCUT2D eigenvalue weighted by Gasteiger charge is -2.32. The zero-order valence-corrected chi connectivity index (χ0v) is 16.3. The van der Waals surface area contributed by atoms with Gasteiger partial charge >= 0.3 is 12.4 Å². The van der Waals surface area contributed by atoms with Crippen LogP contribution in [0.3, 0.4) is 0 Å². The van der Waals surface area contributed by atoms with E-state index in [1.165, 1.54) is 36.4 Å². The Balaban J connectivity index is 1.94. The highest BCUT2D eigenvalue weighted by atomic mass is 32.2. The Morgan fingerprint density at radius 2 is 0.968 bits per heavy atom. The molecule has 0 heterocycles. The van der Waals surface area contributed by atoms with Crippen molar-refractivity contribution >= 4 is 9.84 Å². The molecule has 10 heteroatoms. The summed E-state index contributed by atoms with van der Waals surface area (Å²) in [6.45, 7) is 0. The molecule has 0 saturated carbocycles. The van der Waals surface area contributed by atoms with E-state index >= 15 is 0 Å². The molecule has 0 bridgehead atoms. The first-order valence-electron chi connectivity index (χ1n) is 8.65. The number of alkyl halides is 6. The topological polar surface area (TPSA) is 54.4 Å². The number of hydrogen-bond acceptors (Lipinski definition) is 3. The van der Waals surface area contributed by atoms with Crippen LogP contribution in [0.1, 0.15) is 5.56 Å². The largest absolute Gasteiger partial charge is 0.430 e. The summed E-state index contributed by atoms with van der Waals surface area (Å²) in [5.74, 6) is 0. The average molecular weight is 460 g/mol. The van der Waals surface area contributed by atoms with Gasteiger partial charge in [-0.25, -0.2) is 8.42 Å². The zero-order chi connectivity index (χ0) is 23.1. The van der Waals surface area contributed by atoms with Gasteiger partial charge in [0.1, 0.15) is 0 Å². The lowest BCUT2D eigenvalue weighted by Crippen LogP contribution is -2.53. The summed E-state index contributed by atoms with van der Waals surface area (Å²) in [5, 5.41) is 9.43. The molecule has 0 saturated heterocycles. The van der Waals surface area contributed by atoms with Crippen LogP contribution in [0.2, 0.25) is 0 Å². The Bertz CT molecular complexity index is 1140. The maximum Gasteiger partial charge on any atom is 0.430 e. The summed E-state index contributed by atoms with van der Waals surface area (Å²) in [6, 6.07) is 16.0.